The molecule has 2 aliphatic heterocycles. The molecule has 1 fully saturated rings. The molecule has 4 N–H and O–H groups in total. The zero-order valence-electron chi connectivity index (χ0n) is 15.2. The van der Waals surface area contributed by atoms with Gasteiger partial charge in [-0.05, 0) is 32.9 Å². The van der Waals surface area contributed by atoms with Crippen LogP contribution in [0.1, 0.15) is 37.9 Å². The fourth-order valence-corrected chi connectivity index (χ4v) is 4.44. The van der Waals surface area contributed by atoms with Crippen molar-refractivity contribution in [3.8, 4) is 0 Å². The number of hydrogen-bond donors (Lipinski definition) is 3. The Hall–Kier alpha value is -1.10. The zero-order valence-corrected chi connectivity index (χ0v) is 15.2. The summed E-state index contributed by atoms with van der Waals surface area (Å²) in [4.78, 5) is 6.06. The Labute approximate surface area is 141 Å². The number of benzene rings is 1. The number of rotatable bonds is 5. The molecule has 4 heteroatoms. The molecule has 1 saturated heterocycles. The molecule has 4 nitrogen and oxygen atoms in total. The van der Waals surface area contributed by atoms with Gasteiger partial charge >= 0.3 is 0 Å². The van der Waals surface area contributed by atoms with Crippen molar-refractivity contribution in [3.63, 3.8) is 0 Å². The molecule has 23 heavy (non-hydrogen) atoms. The van der Waals surface area contributed by atoms with Crippen LogP contribution in [0.5, 0.6) is 0 Å². The van der Waals surface area contributed by atoms with Crippen molar-refractivity contribution in [1.82, 2.24) is 0 Å². The van der Waals surface area contributed by atoms with E-state index in [-0.39, 0.29) is 0 Å². The monoisotopic (exact) mass is 319 g/mol. The van der Waals surface area contributed by atoms with Gasteiger partial charge in [0.25, 0.3) is 0 Å². The summed E-state index contributed by atoms with van der Waals surface area (Å²) in [5, 5.41) is 2.52. The minimum absolute atomic E-state index is 0.697. The molecule has 0 saturated carbocycles. The second-order valence-electron chi connectivity index (χ2n) is 7.10. The Kier molecular flexibility index (Phi) is 5.57. The Morgan fingerprint density at radius 2 is 1.83 bits per heavy atom. The van der Waals surface area contributed by atoms with Gasteiger partial charge in [-0.15, -0.1) is 0 Å². The van der Waals surface area contributed by atoms with E-state index in [0.29, 0.717) is 6.04 Å². The molecule has 0 aliphatic carbocycles. The van der Waals surface area contributed by atoms with Gasteiger partial charge in [-0.3, -0.25) is 0 Å². The van der Waals surface area contributed by atoms with Crippen LogP contribution in [0.25, 0.3) is 0 Å². The minimum Gasteiger partial charge on any atom is -0.372 e. The van der Waals surface area contributed by atoms with Crippen molar-refractivity contribution >= 4 is 5.69 Å². The second-order valence-corrected chi connectivity index (χ2v) is 7.10. The predicted octanol–water partition coefficient (Wildman–Crippen LogP) is -1.55. The largest absolute Gasteiger partial charge is 0.372 e. The lowest BCUT2D eigenvalue weighted by atomic mass is 9.94. The normalized spacial score (nSPS) is 27.5. The molecular weight excluding hydrogens is 284 g/mol. The SMILES string of the molecule is CCN(CC)c1ccc2c(c1)C[NH2+]C[C@@H]2[NH+]1CC[NH+](CC)CC1. The zero-order chi connectivity index (χ0) is 16.2. The van der Waals surface area contributed by atoms with Gasteiger partial charge in [0.2, 0.25) is 0 Å². The molecular formula is C19H35N4+3. The first-order chi connectivity index (χ1) is 11.3. The minimum atomic E-state index is 0.697. The number of nitrogens with zero attached hydrogens (tertiary/aromatic N) is 1. The highest BCUT2D eigenvalue weighted by atomic mass is 15.3. The van der Waals surface area contributed by atoms with Gasteiger partial charge in [-0.2, -0.15) is 0 Å². The number of nitrogens with one attached hydrogen (secondary N) is 2. The van der Waals surface area contributed by atoms with Gasteiger partial charge in [0.1, 0.15) is 39.3 Å². The molecule has 2 heterocycles. The summed E-state index contributed by atoms with van der Waals surface area (Å²) in [6.45, 7) is 18.0. The van der Waals surface area contributed by atoms with E-state index in [0.717, 1.165) is 19.6 Å². The second kappa shape index (κ2) is 7.65. The lowest BCUT2D eigenvalue weighted by molar-refractivity contribution is -1.03. The fourth-order valence-electron chi connectivity index (χ4n) is 4.44. The third-order valence-corrected chi connectivity index (χ3v) is 5.99. The van der Waals surface area contributed by atoms with Crippen LogP contribution in [0, 0.1) is 0 Å². The van der Waals surface area contributed by atoms with Crippen molar-refractivity contribution in [1.29, 1.82) is 0 Å². The van der Waals surface area contributed by atoms with E-state index in [1.165, 1.54) is 45.0 Å². The van der Waals surface area contributed by atoms with Gasteiger partial charge in [0, 0.05) is 29.9 Å². The number of piperazine rings is 1. The standard InChI is InChI=1S/C19H32N4/c1-4-21-9-11-23(12-10-21)19-15-20-14-16-13-17(7-8-18(16)19)22(5-2)6-3/h7-8,13,19-20H,4-6,9-12,14-15H2,1-3H3/p+3/t19-/m0/s1. The van der Waals surface area contributed by atoms with E-state index in [9.17, 15) is 0 Å². The lowest BCUT2D eigenvalue weighted by Gasteiger charge is -2.36. The summed E-state index contributed by atoms with van der Waals surface area (Å²) in [5.74, 6) is 0. The Bertz CT molecular complexity index is 504. The Balaban J connectivity index is 1.77. The Morgan fingerprint density at radius 1 is 1.09 bits per heavy atom. The number of anilines is 1. The van der Waals surface area contributed by atoms with Gasteiger partial charge in [-0.25, -0.2) is 0 Å². The van der Waals surface area contributed by atoms with E-state index in [2.05, 4.69) is 49.2 Å². The van der Waals surface area contributed by atoms with Crippen molar-refractivity contribution < 1.29 is 15.1 Å². The highest BCUT2D eigenvalue weighted by molar-refractivity contribution is 5.51. The van der Waals surface area contributed by atoms with Crippen molar-refractivity contribution in [2.75, 3.05) is 57.3 Å². The molecule has 0 amide bonds. The van der Waals surface area contributed by atoms with E-state index in [1.54, 1.807) is 16.0 Å². The van der Waals surface area contributed by atoms with Crippen LogP contribution in [0.4, 0.5) is 5.69 Å². The van der Waals surface area contributed by atoms with Crippen LogP contribution < -0.4 is 20.0 Å². The van der Waals surface area contributed by atoms with Gasteiger partial charge in [0.05, 0.1) is 6.54 Å². The van der Waals surface area contributed by atoms with Crippen LogP contribution in [-0.2, 0) is 6.54 Å². The first kappa shape index (κ1) is 16.7. The lowest BCUT2D eigenvalue weighted by Crippen LogP contribution is -3.28. The number of likely N-dealkylation sites (N-methyl/N-ethyl adjacent to an activating group) is 1. The molecule has 0 aromatic heterocycles. The molecule has 128 valence electrons. The fraction of sp³-hybridized carbons (Fsp3) is 0.684. The van der Waals surface area contributed by atoms with E-state index in [1.807, 2.05) is 4.90 Å². The summed E-state index contributed by atoms with van der Waals surface area (Å²) < 4.78 is 0. The summed E-state index contributed by atoms with van der Waals surface area (Å²) in [6.07, 6.45) is 0. The maximum absolute atomic E-state index is 2.52. The average Bonchev–Trinajstić information content (AvgIpc) is 2.62. The molecule has 1 atom stereocenters. The molecule has 1 aromatic rings. The average molecular weight is 320 g/mol. The number of quaternary nitrogens is 3. The number of hydrogen-bond acceptors (Lipinski definition) is 1. The molecule has 1 aromatic carbocycles. The maximum atomic E-state index is 2.52. The van der Waals surface area contributed by atoms with E-state index in [4.69, 9.17) is 0 Å². The summed E-state index contributed by atoms with van der Waals surface area (Å²) >= 11 is 0. The van der Waals surface area contributed by atoms with Gasteiger partial charge in [0.15, 0.2) is 6.04 Å². The first-order valence-corrected chi connectivity index (χ1v) is 9.64. The summed E-state index contributed by atoms with van der Waals surface area (Å²) in [5.41, 5.74) is 4.60. The van der Waals surface area contributed by atoms with E-state index >= 15 is 0 Å². The summed E-state index contributed by atoms with van der Waals surface area (Å²) in [6, 6.07) is 7.95. The third-order valence-electron chi connectivity index (χ3n) is 5.99. The quantitative estimate of drug-likeness (QED) is 0.603. The van der Waals surface area contributed by atoms with Gasteiger partial charge < -0.3 is 20.0 Å². The Morgan fingerprint density at radius 3 is 2.48 bits per heavy atom. The van der Waals surface area contributed by atoms with Crippen LogP contribution in [0.3, 0.4) is 0 Å². The molecule has 0 unspecified atom stereocenters. The van der Waals surface area contributed by atoms with Crippen LogP contribution in [0.2, 0.25) is 0 Å². The van der Waals surface area contributed by atoms with Crippen molar-refractivity contribution in [2.24, 2.45) is 0 Å². The predicted molar refractivity (Wildman–Crippen MR) is 95.2 cm³/mol. The van der Waals surface area contributed by atoms with Crippen LogP contribution in [0.15, 0.2) is 18.2 Å². The topological polar surface area (TPSA) is 28.7 Å². The summed E-state index contributed by atoms with van der Waals surface area (Å²) in [7, 11) is 0. The highest BCUT2D eigenvalue weighted by Crippen LogP contribution is 2.24. The number of nitrogens with two attached hydrogens (primary N) is 1. The molecule has 0 bridgehead atoms. The first-order valence-electron chi connectivity index (χ1n) is 9.64. The molecule has 2 aliphatic rings. The van der Waals surface area contributed by atoms with Gasteiger partial charge in [-0.1, -0.05) is 6.07 Å². The van der Waals surface area contributed by atoms with Crippen molar-refractivity contribution in [3.05, 3.63) is 29.3 Å². The molecule has 0 spiro atoms. The highest BCUT2D eigenvalue weighted by Gasteiger charge is 2.35. The third kappa shape index (κ3) is 3.54. The van der Waals surface area contributed by atoms with Crippen LogP contribution in [-0.4, -0.2) is 52.4 Å². The molecule has 3 rings (SSSR count). The smallest absolute Gasteiger partial charge is 0.163 e. The molecule has 0 radical (unpaired) electrons. The van der Waals surface area contributed by atoms with Crippen molar-refractivity contribution in [2.45, 2.75) is 33.4 Å². The maximum Gasteiger partial charge on any atom is 0.163 e. The number of fused-ring (bicyclic) bond motifs is 1. The van der Waals surface area contributed by atoms with E-state index < -0.39 is 0 Å². The van der Waals surface area contributed by atoms with Crippen LogP contribution >= 0.6 is 0 Å².